The molecule has 0 aliphatic carbocycles. The van der Waals surface area contributed by atoms with Crippen LogP contribution >= 0.6 is 11.6 Å². The SMILES string of the molecule is CCOC(=O)CCc1c(C(=O)OCC)[nH]c2cc(Cl)ccc12. The summed E-state index contributed by atoms with van der Waals surface area (Å²) in [4.78, 5) is 26.7. The molecule has 118 valence electrons. The number of aromatic nitrogens is 1. The fourth-order valence-corrected chi connectivity index (χ4v) is 2.50. The number of benzene rings is 1. The van der Waals surface area contributed by atoms with Crippen LogP contribution in [-0.2, 0) is 20.7 Å². The van der Waals surface area contributed by atoms with Gasteiger partial charge < -0.3 is 14.5 Å². The summed E-state index contributed by atoms with van der Waals surface area (Å²) < 4.78 is 10.00. The number of H-pyrrole nitrogens is 1. The monoisotopic (exact) mass is 323 g/mol. The molecule has 5 nitrogen and oxygen atoms in total. The molecule has 0 bridgehead atoms. The molecule has 0 atom stereocenters. The van der Waals surface area contributed by atoms with Crippen LogP contribution in [0.25, 0.3) is 10.9 Å². The van der Waals surface area contributed by atoms with Gasteiger partial charge in [-0.2, -0.15) is 0 Å². The first-order chi connectivity index (χ1) is 10.6. The summed E-state index contributed by atoms with van der Waals surface area (Å²) in [6.07, 6.45) is 0.602. The first kappa shape index (κ1) is 16.4. The zero-order valence-corrected chi connectivity index (χ0v) is 13.3. The van der Waals surface area contributed by atoms with Crippen LogP contribution in [0, 0.1) is 0 Å². The first-order valence-electron chi connectivity index (χ1n) is 7.19. The van der Waals surface area contributed by atoms with E-state index in [-0.39, 0.29) is 19.0 Å². The highest BCUT2D eigenvalue weighted by atomic mass is 35.5. The van der Waals surface area contributed by atoms with Crippen molar-refractivity contribution < 1.29 is 19.1 Å². The van der Waals surface area contributed by atoms with Gasteiger partial charge in [-0.3, -0.25) is 4.79 Å². The second-order valence-electron chi connectivity index (χ2n) is 4.69. The number of nitrogens with one attached hydrogen (secondary N) is 1. The Morgan fingerprint density at radius 2 is 1.91 bits per heavy atom. The molecule has 0 aliphatic rings. The van der Waals surface area contributed by atoms with Crippen LogP contribution in [0.15, 0.2) is 18.2 Å². The fourth-order valence-electron chi connectivity index (χ4n) is 2.33. The standard InChI is InChI=1S/C16H18ClNO4/c1-3-21-14(19)8-7-12-11-6-5-10(17)9-13(11)18-15(12)16(20)22-4-2/h5-6,9,18H,3-4,7-8H2,1-2H3. The predicted molar refractivity (Wildman–Crippen MR) is 84.2 cm³/mol. The highest BCUT2D eigenvalue weighted by Crippen LogP contribution is 2.27. The summed E-state index contributed by atoms with van der Waals surface area (Å²) in [6, 6.07) is 5.32. The number of rotatable bonds is 6. The number of fused-ring (bicyclic) bond motifs is 1. The predicted octanol–water partition coefficient (Wildman–Crippen LogP) is 3.49. The third-order valence-corrected chi connectivity index (χ3v) is 3.47. The van der Waals surface area contributed by atoms with Gasteiger partial charge >= 0.3 is 11.9 Å². The van der Waals surface area contributed by atoms with Crippen LogP contribution in [-0.4, -0.2) is 30.1 Å². The van der Waals surface area contributed by atoms with Crippen molar-refractivity contribution in [1.82, 2.24) is 4.98 Å². The summed E-state index contributed by atoms with van der Waals surface area (Å²) in [5, 5.41) is 1.43. The lowest BCUT2D eigenvalue weighted by atomic mass is 10.1. The maximum Gasteiger partial charge on any atom is 0.355 e. The van der Waals surface area contributed by atoms with E-state index in [1.165, 1.54) is 0 Å². The van der Waals surface area contributed by atoms with Crippen LogP contribution in [0.3, 0.4) is 0 Å². The van der Waals surface area contributed by atoms with Crippen molar-refractivity contribution in [3.05, 3.63) is 34.5 Å². The highest BCUT2D eigenvalue weighted by Gasteiger charge is 2.19. The Hall–Kier alpha value is -2.01. The Bertz CT molecular complexity index is 693. The molecular formula is C16H18ClNO4. The minimum absolute atomic E-state index is 0.204. The van der Waals surface area contributed by atoms with E-state index in [2.05, 4.69) is 4.98 Å². The van der Waals surface area contributed by atoms with Gasteiger partial charge in [0.2, 0.25) is 0 Å². The van der Waals surface area contributed by atoms with Gasteiger partial charge in [0.15, 0.2) is 0 Å². The topological polar surface area (TPSA) is 68.4 Å². The molecule has 0 spiro atoms. The van der Waals surface area contributed by atoms with E-state index < -0.39 is 5.97 Å². The van der Waals surface area contributed by atoms with E-state index in [1.54, 1.807) is 26.0 Å². The fraction of sp³-hybridized carbons (Fsp3) is 0.375. The summed E-state index contributed by atoms with van der Waals surface area (Å²) in [6.45, 7) is 4.13. The molecule has 1 N–H and O–H groups in total. The van der Waals surface area contributed by atoms with Crippen molar-refractivity contribution in [2.24, 2.45) is 0 Å². The third kappa shape index (κ3) is 3.60. The summed E-state index contributed by atoms with van der Waals surface area (Å²) in [5.41, 5.74) is 1.86. The lowest BCUT2D eigenvalue weighted by Gasteiger charge is -2.05. The van der Waals surface area contributed by atoms with Crippen LogP contribution in [0.5, 0.6) is 0 Å². The van der Waals surface area contributed by atoms with Gasteiger partial charge in [-0.1, -0.05) is 17.7 Å². The first-order valence-corrected chi connectivity index (χ1v) is 7.57. The van der Waals surface area contributed by atoms with Crippen molar-refractivity contribution in [3.63, 3.8) is 0 Å². The molecule has 0 radical (unpaired) electrons. The Morgan fingerprint density at radius 1 is 1.18 bits per heavy atom. The molecule has 2 aromatic rings. The molecule has 2 rings (SSSR count). The number of aryl methyl sites for hydroxylation is 1. The van der Waals surface area contributed by atoms with Crippen molar-refractivity contribution >= 4 is 34.4 Å². The average molecular weight is 324 g/mol. The lowest BCUT2D eigenvalue weighted by molar-refractivity contribution is -0.143. The largest absolute Gasteiger partial charge is 0.466 e. The van der Waals surface area contributed by atoms with E-state index in [0.29, 0.717) is 23.7 Å². The number of hydrogen-bond donors (Lipinski definition) is 1. The van der Waals surface area contributed by atoms with Gasteiger partial charge in [-0.05, 0) is 38.0 Å². The normalized spacial score (nSPS) is 10.7. The number of aromatic amines is 1. The van der Waals surface area contributed by atoms with Gasteiger partial charge in [0, 0.05) is 22.3 Å². The summed E-state index contributed by atoms with van der Waals surface area (Å²) in [7, 11) is 0. The van der Waals surface area contributed by atoms with Gasteiger partial charge in [-0.15, -0.1) is 0 Å². The average Bonchev–Trinajstić information content (AvgIpc) is 2.83. The quantitative estimate of drug-likeness (QED) is 0.826. The van der Waals surface area contributed by atoms with Crippen LogP contribution in [0.4, 0.5) is 0 Å². The molecule has 1 aromatic carbocycles. The van der Waals surface area contributed by atoms with Gasteiger partial charge in [0.25, 0.3) is 0 Å². The van der Waals surface area contributed by atoms with Gasteiger partial charge in [0.1, 0.15) is 5.69 Å². The van der Waals surface area contributed by atoms with Crippen molar-refractivity contribution in [2.45, 2.75) is 26.7 Å². The summed E-state index contributed by atoms with van der Waals surface area (Å²) in [5.74, 6) is -0.727. The number of halogens is 1. The van der Waals surface area contributed by atoms with E-state index >= 15 is 0 Å². The van der Waals surface area contributed by atoms with Crippen LogP contribution < -0.4 is 0 Å². The zero-order chi connectivity index (χ0) is 16.1. The molecule has 0 fully saturated rings. The lowest BCUT2D eigenvalue weighted by Crippen LogP contribution is -2.10. The third-order valence-electron chi connectivity index (χ3n) is 3.23. The molecule has 0 amide bonds. The number of hydrogen-bond acceptors (Lipinski definition) is 4. The Labute approximate surface area is 133 Å². The number of carbonyl (C=O) groups excluding carboxylic acids is 2. The summed E-state index contributed by atoms with van der Waals surface area (Å²) >= 11 is 5.98. The minimum atomic E-state index is -0.436. The van der Waals surface area contributed by atoms with Crippen molar-refractivity contribution in [2.75, 3.05) is 13.2 Å². The van der Waals surface area contributed by atoms with Gasteiger partial charge in [-0.25, -0.2) is 4.79 Å². The smallest absolute Gasteiger partial charge is 0.355 e. The maximum atomic E-state index is 12.1. The molecular weight excluding hydrogens is 306 g/mol. The highest BCUT2D eigenvalue weighted by molar-refractivity contribution is 6.31. The maximum absolute atomic E-state index is 12.1. The Kier molecular flexibility index (Phi) is 5.44. The Balaban J connectivity index is 2.37. The van der Waals surface area contributed by atoms with Crippen molar-refractivity contribution in [3.8, 4) is 0 Å². The molecule has 0 unspecified atom stereocenters. The second-order valence-corrected chi connectivity index (χ2v) is 5.13. The molecule has 0 aliphatic heterocycles. The molecule has 0 saturated heterocycles. The number of ether oxygens (including phenoxy) is 2. The van der Waals surface area contributed by atoms with E-state index in [1.807, 2.05) is 6.07 Å². The second kappa shape index (κ2) is 7.31. The molecule has 1 heterocycles. The van der Waals surface area contributed by atoms with Gasteiger partial charge in [0.05, 0.1) is 13.2 Å². The Morgan fingerprint density at radius 3 is 2.59 bits per heavy atom. The minimum Gasteiger partial charge on any atom is -0.466 e. The van der Waals surface area contributed by atoms with Crippen LogP contribution in [0.2, 0.25) is 5.02 Å². The molecule has 22 heavy (non-hydrogen) atoms. The number of carbonyl (C=O) groups is 2. The molecule has 1 aromatic heterocycles. The van der Waals surface area contributed by atoms with E-state index in [0.717, 1.165) is 16.5 Å². The zero-order valence-electron chi connectivity index (χ0n) is 12.6. The molecule has 0 saturated carbocycles. The van der Waals surface area contributed by atoms with E-state index in [4.69, 9.17) is 21.1 Å². The van der Waals surface area contributed by atoms with Crippen LogP contribution in [0.1, 0.15) is 36.3 Å². The molecule has 6 heteroatoms. The van der Waals surface area contributed by atoms with Crippen molar-refractivity contribution in [1.29, 1.82) is 0 Å². The van der Waals surface area contributed by atoms with E-state index in [9.17, 15) is 9.59 Å². The number of esters is 2.